The number of rotatable bonds is 3. The van der Waals surface area contributed by atoms with Crippen LogP contribution in [0.15, 0.2) is 35.1 Å². The lowest BCUT2D eigenvalue weighted by Crippen LogP contribution is -2.03. The molecule has 8 heteroatoms. The molecule has 0 aliphatic carbocycles. The lowest BCUT2D eigenvalue weighted by atomic mass is 10.1. The van der Waals surface area contributed by atoms with Crippen molar-refractivity contribution in [2.24, 2.45) is 0 Å². The predicted molar refractivity (Wildman–Crippen MR) is 86.8 cm³/mol. The number of nitrogens with zero attached hydrogens (tertiary/aromatic N) is 2. The molecule has 3 rings (SSSR count). The fourth-order valence-electron chi connectivity index (χ4n) is 2.08. The molecular weight excluding hydrogens is 422 g/mol. The number of nitrogens with one attached hydrogen (secondary N) is 1. The first-order valence-corrected chi connectivity index (χ1v) is 7.52. The topological polar surface area (TPSA) is 51.0 Å². The van der Waals surface area contributed by atoms with Crippen molar-refractivity contribution in [2.75, 3.05) is 5.32 Å². The molecule has 0 radical (unpaired) electrons. The highest BCUT2D eigenvalue weighted by molar-refractivity contribution is 14.1. The van der Waals surface area contributed by atoms with Crippen molar-refractivity contribution in [3.8, 4) is 11.5 Å². The Morgan fingerprint density at radius 2 is 1.91 bits per heavy atom. The average Bonchev–Trinajstić information content (AvgIpc) is 3.04. The van der Waals surface area contributed by atoms with E-state index in [0.29, 0.717) is 5.69 Å². The van der Waals surface area contributed by atoms with E-state index in [0.717, 1.165) is 21.6 Å². The number of halogens is 4. The summed E-state index contributed by atoms with van der Waals surface area (Å²) in [5.74, 6) is -4.37. The molecule has 3 aromatic rings. The predicted octanol–water partition coefficient (Wildman–Crippen LogP) is 4.81. The van der Waals surface area contributed by atoms with E-state index in [-0.39, 0.29) is 17.1 Å². The number of hydrogen-bond donors (Lipinski definition) is 1. The van der Waals surface area contributed by atoms with Gasteiger partial charge in [-0.2, -0.15) is 0 Å². The van der Waals surface area contributed by atoms with Crippen molar-refractivity contribution in [3.63, 3.8) is 0 Å². The molecule has 1 heterocycles. The molecule has 0 amide bonds. The Morgan fingerprint density at radius 3 is 2.57 bits per heavy atom. The largest absolute Gasteiger partial charge is 0.423 e. The second kappa shape index (κ2) is 6.19. The SMILES string of the molecule is Cc1cc(I)ccc1Nc1c(-c2nnco2)cc(F)c(F)c1F. The molecular formula is C15H9F3IN3O. The molecule has 0 fully saturated rings. The van der Waals surface area contributed by atoms with Crippen LogP contribution in [0.3, 0.4) is 0 Å². The van der Waals surface area contributed by atoms with Crippen LogP contribution in [0.1, 0.15) is 5.56 Å². The Balaban J connectivity index is 2.15. The van der Waals surface area contributed by atoms with E-state index in [9.17, 15) is 13.2 Å². The number of aromatic nitrogens is 2. The van der Waals surface area contributed by atoms with E-state index in [2.05, 4.69) is 38.1 Å². The number of anilines is 2. The molecule has 0 unspecified atom stereocenters. The fourth-order valence-corrected chi connectivity index (χ4v) is 2.73. The molecule has 0 bridgehead atoms. The summed E-state index contributed by atoms with van der Waals surface area (Å²) < 4.78 is 47.4. The van der Waals surface area contributed by atoms with E-state index in [1.807, 2.05) is 13.0 Å². The summed E-state index contributed by atoms with van der Waals surface area (Å²) >= 11 is 2.14. The van der Waals surface area contributed by atoms with Crippen LogP contribution in [0.5, 0.6) is 0 Å². The first kappa shape index (κ1) is 15.8. The summed E-state index contributed by atoms with van der Waals surface area (Å²) in [4.78, 5) is 0. The summed E-state index contributed by atoms with van der Waals surface area (Å²) in [7, 11) is 0. The van der Waals surface area contributed by atoms with Gasteiger partial charge in [-0.3, -0.25) is 0 Å². The molecule has 2 aromatic carbocycles. The van der Waals surface area contributed by atoms with Gasteiger partial charge < -0.3 is 9.73 Å². The van der Waals surface area contributed by atoms with Gasteiger partial charge in [-0.1, -0.05) is 0 Å². The second-order valence-corrected chi connectivity index (χ2v) is 5.98. The van der Waals surface area contributed by atoms with E-state index in [4.69, 9.17) is 4.42 Å². The zero-order valence-electron chi connectivity index (χ0n) is 11.7. The molecule has 1 N–H and O–H groups in total. The molecule has 0 aliphatic rings. The number of benzene rings is 2. The quantitative estimate of drug-likeness (QED) is 0.478. The van der Waals surface area contributed by atoms with Crippen LogP contribution in [0.2, 0.25) is 0 Å². The molecule has 0 aliphatic heterocycles. The van der Waals surface area contributed by atoms with E-state index in [1.165, 1.54) is 0 Å². The van der Waals surface area contributed by atoms with Crippen molar-refractivity contribution in [3.05, 3.63) is 57.2 Å². The lowest BCUT2D eigenvalue weighted by Gasteiger charge is -2.14. The maximum atomic E-state index is 14.2. The Kier molecular flexibility index (Phi) is 4.24. The second-order valence-electron chi connectivity index (χ2n) is 4.74. The molecule has 0 saturated heterocycles. The van der Waals surface area contributed by atoms with Gasteiger partial charge in [0.05, 0.1) is 11.3 Å². The van der Waals surface area contributed by atoms with E-state index in [1.54, 1.807) is 12.1 Å². The van der Waals surface area contributed by atoms with Crippen LogP contribution in [-0.4, -0.2) is 10.2 Å². The molecule has 0 atom stereocenters. The molecule has 0 saturated carbocycles. The van der Waals surface area contributed by atoms with Crippen LogP contribution < -0.4 is 5.32 Å². The minimum absolute atomic E-state index is 0.0585. The standard InChI is InChI=1S/C15H9F3IN3O/c1-7-4-8(19)2-3-11(7)21-14-9(15-22-20-6-23-15)5-10(16)12(17)13(14)18/h2-6,21H,1H3. The molecule has 0 spiro atoms. The van der Waals surface area contributed by atoms with Gasteiger partial charge in [-0.05, 0) is 59.3 Å². The summed E-state index contributed by atoms with van der Waals surface area (Å²) in [6.07, 6.45) is 1.02. The van der Waals surface area contributed by atoms with Gasteiger partial charge in [0.15, 0.2) is 17.5 Å². The lowest BCUT2D eigenvalue weighted by molar-refractivity contribution is 0.449. The third-order valence-corrected chi connectivity index (χ3v) is 3.87. The zero-order chi connectivity index (χ0) is 16.6. The van der Waals surface area contributed by atoms with Crippen LogP contribution in [0.25, 0.3) is 11.5 Å². The minimum atomic E-state index is -1.57. The molecule has 4 nitrogen and oxygen atoms in total. The van der Waals surface area contributed by atoms with Gasteiger partial charge in [0.2, 0.25) is 12.3 Å². The van der Waals surface area contributed by atoms with Gasteiger partial charge in [0.1, 0.15) is 0 Å². The maximum absolute atomic E-state index is 14.2. The average molecular weight is 431 g/mol. The van der Waals surface area contributed by atoms with Crippen molar-refractivity contribution < 1.29 is 17.6 Å². The van der Waals surface area contributed by atoms with Crippen LogP contribution in [-0.2, 0) is 0 Å². The highest BCUT2D eigenvalue weighted by Gasteiger charge is 2.22. The Hall–Kier alpha value is -2.10. The van der Waals surface area contributed by atoms with Crippen LogP contribution >= 0.6 is 22.6 Å². The van der Waals surface area contributed by atoms with Gasteiger partial charge in [-0.25, -0.2) is 13.2 Å². The van der Waals surface area contributed by atoms with E-state index >= 15 is 0 Å². The minimum Gasteiger partial charge on any atom is -0.423 e. The maximum Gasteiger partial charge on any atom is 0.249 e. The van der Waals surface area contributed by atoms with Crippen molar-refractivity contribution in [1.82, 2.24) is 10.2 Å². The van der Waals surface area contributed by atoms with Crippen molar-refractivity contribution in [2.45, 2.75) is 6.92 Å². The van der Waals surface area contributed by atoms with Crippen LogP contribution in [0, 0.1) is 27.9 Å². The number of hydrogen-bond acceptors (Lipinski definition) is 4. The number of aryl methyl sites for hydroxylation is 1. The summed E-state index contributed by atoms with van der Waals surface area (Å²) in [6.45, 7) is 1.81. The summed E-state index contributed by atoms with van der Waals surface area (Å²) in [5, 5.41) is 9.88. The van der Waals surface area contributed by atoms with Crippen LogP contribution in [0.4, 0.5) is 24.5 Å². The molecule has 1 aromatic heterocycles. The normalized spacial score (nSPS) is 10.8. The third-order valence-electron chi connectivity index (χ3n) is 3.20. The van der Waals surface area contributed by atoms with Crippen molar-refractivity contribution >= 4 is 34.0 Å². The molecule has 118 valence electrons. The third kappa shape index (κ3) is 3.03. The monoisotopic (exact) mass is 431 g/mol. The zero-order valence-corrected chi connectivity index (χ0v) is 13.9. The first-order valence-electron chi connectivity index (χ1n) is 6.44. The summed E-state index contributed by atoms with van der Waals surface area (Å²) in [5.41, 5.74) is 1.04. The first-order chi connectivity index (χ1) is 11.0. The summed E-state index contributed by atoms with van der Waals surface area (Å²) in [6, 6.07) is 6.21. The highest BCUT2D eigenvalue weighted by Crippen LogP contribution is 2.35. The Bertz CT molecular complexity index is 869. The van der Waals surface area contributed by atoms with Gasteiger partial charge in [0, 0.05) is 9.26 Å². The molecule has 23 heavy (non-hydrogen) atoms. The highest BCUT2D eigenvalue weighted by atomic mass is 127. The van der Waals surface area contributed by atoms with Gasteiger partial charge >= 0.3 is 0 Å². The van der Waals surface area contributed by atoms with Crippen molar-refractivity contribution in [1.29, 1.82) is 0 Å². The Morgan fingerprint density at radius 1 is 1.13 bits per heavy atom. The smallest absolute Gasteiger partial charge is 0.249 e. The Labute approximate surface area is 142 Å². The van der Waals surface area contributed by atoms with Gasteiger partial charge in [-0.15, -0.1) is 10.2 Å². The van der Waals surface area contributed by atoms with E-state index < -0.39 is 17.5 Å². The fraction of sp³-hybridized carbons (Fsp3) is 0.0667. The van der Waals surface area contributed by atoms with Gasteiger partial charge in [0.25, 0.3) is 0 Å².